The van der Waals surface area contributed by atoms with E-state index in [4.69, 9.17) is 9.47 Å². The van der Waals surface area contributed by atoms with E-state index in [1.165, 1.54) is 4.68 Å². The molecule has 144 valence electrons. The van der Waals surface area contributed by atoms with E-state index in [0.29, 0.717) is 17.9 Å². The molecule has 6 heteroatoms. The van der Waals surface area contributed by atoms with Crippen molar-refractivity contribution in [2.75, 3.05) is 14.2 Å². The van der Waals surface area contributed by atoms with Crippen LogP contribution in [-0.2, 0) is 6.54 Å². The van der Waals surface area contributed by atoms with Gasteiger partial charge in [0.25, 0.3) is 0 Å². The summed E-state index contributed by atoms with van der Waals surface area (Å²) in [7, 11) is 3.24. The van der Waals surface area contributed by atoms with E-state index >= 15 is 0 Å². The largest absolute Gasteiger partial charge is 0.497 e. The lowest BCUT2D eigenvalue weighted by molar-refractivity contribution is 0.414. The third-order valence-corrected chi connectivity index (χ3v) is 4.27. The summed E-state index contributed by atoms with van der Waals surface area (Å²) in [5, 5.41) is 4.61. The average molecular weight is 377 g/mol. The summed E-state index contributed by atoms with van der Waals surface area (Å²) in [6.45, 7) is 4.34. The first-order valence-corrected chi connectivity index (χ1v) is 8.93. The normalized spacial score (nSPS) is 10.4. The Balaban J connectivity index is 2.16. The number of allylic oxidation sites excluding steroid dienone is 2. The van der Waals surface area contributed by atoms with Crippen LogP contribution in [0.15, 0.2) is 65.0 Å². The number of aromatic nitrogens is 3. The molecule has 0 aliphatic heterocycles. The van der Waals surface area contributed by atoms with Crippen LogP contribution < -0.4 is 15.2 Å². The van der Waals surface area contributed by atoms with Crippen LogP contribution in [0.25, 0.3) is 22.5 Å². The predicted octanol–water partition coefficient (Wildman–Crippen LogP) is 3.96. The summed E-state index contributed by atoms with van der Waals surface area (Å²) in [5.41, 5.74) is 3.54. The van der Waals surface area contributed by atoms with Gasteiger partial charge >= 0.3 is 5.69 Å². The Morgan fingerprint density at radius 2 is 1.39 bits per heavy atom. The van der Waals surface area contributed by atoms with Gasteiger partial charge in [-0.1, -0.05) is 11.6 Å². The van der Waals surface area contributed by atoms with E-state index in [9.17, 15) is 4.79 Å². The minimum atomic E-state index is -0.388. The summed E-state index contributed by atoms with van der Waals surface area (Å²) in [6, 6.07) is 15.0. The SMILES string of the molecule is COc1ccc(-c2nc(=O)n(CC=C(C)C)nc2-c2ccc(OC)cc2)cc1. The van der Waals surface area contributed by atoms with Crippen molar-refractivity contribution in [2.45, 2.75) is 20.4 Å². The molecule has 1 heterocycles. The Kier molecular flexibility index (Phi) is 5.89. The summed E-state index contributed by atoms with van der Waals surface area (Å²) in [4.78, 5) is 16.9. The maximum atomic E-state index is 12.5. The molecule has 0 unspecified atom stereocenters. The van der Waals surface area contributed by atoms with Gasteiger partial charge in [-0.15, -0.1) is 0 Å². The lowest BCUT2D eigenvalue weighted by Gasteiger charge is -2.12. The molecule has 3 rings (SSSR count). The first-order chi connectivity index (χ1) is 13.5. The zero-order chi connectivity index (χ0) is 20.1. The smallest absolute Gasteiger partial charge is 0.364 e. The number of benzene rings is 2. The van der Waals surface area contributed by atoms with Gasteiger partial charge in [0.1, 0.15) is 22.9 Å². The van der Waals surface area contributed by atoms with Crippen LogP contribution in [0.5, 0.6) is 11.5 Å². The summed E-state index contributed by atoms with van der Waals surface area (Å²) in [5.74, 6) is 1.49. The topological polar surface area (TPSA) is 66.2 Å². The lowest BCUT2D eigenvalue weighted by atomic mass is 10.0. The van der Waals surface area contributed by atoms with Gasteiger partial charge in [0.15, 0.2) is 0 Å². The first-order valence-electron chi connectivity index (χ1n) is 8.93. The van der Waals surface area contributed by atoms with Crippen molar-refractivity contribution in [3.8, 4) is 34.0 Å². The highest BCUT2D eigenvalue weighted by atomic mass is 16.5. The van der Waals surface area contributed by atoms with Gasteiger partial charge in [0.05, 0.1) is 20.8 Å². The van der Waals surface area contributed by atoms with Gasteiger partial charge in [-0.2, -0.15) is 10.1 Å². The second-order valence-corrected chi connectivity index (χ2v) is 6.51. The molecule has 0 radical (unpaired) electrons. The molecule has 0 atom stereocenters. The standard InChI is InChI=1S/C22H23N3O3/c1-15(2)13-14-25-22(26)23-20(16-5-9-18(27-3)10-6-16)21(24-25)17-7-11-19(28-4)12-8-17/h5-13H,14H2,1-4H3. The fraction of sp³-hybridized carbons (Fsp3) is 0.227. The Hall–Kier alpha value is -3.41. The Morgan fingerprint density at radius 1 is 0.893 bits per heavy atom. The Morgan fingerprint density at radius 3 is 1.86 bits per heavy atom. The maximum absolute atomic E-state index is 12.5. The predicted molar refractivity (Wildman–Crippen MR) is 110 cm³/mol. The Bertz CT molecular complexity index is 1030. The number of rotatable bonds is 6. The van der Waals surface area contributed by atoms with Gasteiger partial charge in [0, 0.05) is 11.1 Å². The van der Waals surface area contributed by atoms with Crippen molar-refractivity contribution in [3.05, 3.63) is 70.7 Å². The highest BCUT2D eigenvalue weighted by molar-refractivity contribution is 5.77. The molecule has 0 spiro atoms. The zero-order valence-electron chi connectivity index (χ0n) is 16.5. The fourth-order valence-corrected chi connectivity index (χ4v) is 2.70. The van der Waals surface area contributed by atoms with E-state index in [-0.39, 0.29) is 5.69 Å². The molecule has 0 N–H and O–H groups in total. The van der Waals surface area contributed by atoms with E-state index in [2.05, 4.69) is 10.1 Å². The number of methoxy groups -OCH3 is 2. The molecule has 1 aromatic heterocycles. The highest BCUT2D eigenvalue weighted by Gasteiger charge is 2.15. The molecule has 0 aliphatic rings. The molecule has 0 amide bonds. The second-order valence-electron chi connectivity index (χ2n) is 6.51. The molecule has 0 saturated carbocycles. The van der Waals surface area contributed by atoms with E-state index in [0.717, 1.165) is 28.2 Å². The molecule has 2 aromatic carbocycles. The minimum Gasteiger partial charge on any atom is -0.497 e. The van der Waals surface area contributed by atoms with E-state index in [1.54, 1.807) is 14.2 Å². The third kappa shape index (κ3) is 4.28. The molecule has 28 heavy (non-hydrogen) atoms. The van der Waals surface area contributed by atoms with Gasteiger partial charge < -0.3 is 9.47 Å². The average Bonchev–Trinajstić information content (AvgIpc) is 2.72. The van der Waals surface area contributed by atoms with Crippen LogP contribution >= 0.6 is 0 Å². The van der Waals surface area contributed by atoms with Crippen LogP contribution in [0.4, 0.5) is 0 Å². The van der Waals surface area contributed by atoms with Crippen molar-refractivity contribution < 1.29 is 9.47 Å². The first kappa shape index (κ1) is 19.4. The fourth-order valence-electron chi connectivity index (χ4n) is 2.70. The molecular formula is C22H23N3O3. The molecule has 6 nitrogen and oxygen atoms in total. The number of nitrogens with zero attached hydrogens (tertiary/aromatic N) is 3. The second kappa shape index (κ2) is 8.52. The van der Waals surface area contributed by atoms with Crippen molar-refractivity contribution in [3.63, 3.8) is 0 Å². The number of hydrogen-bond donors (Lipinski definition) is 0. The van der Waals surface area contributed by atoms with E-state index < -0.39 is 0 Å². The summed E-state index contributed by atoms with van der Waals surface area (Å²) >= 11 is 0. The summed E-state index contributed by atoms with van der Waals surface area (Å²) < 4.78 is 11.8. The van der Waals surface area contributed by atoms with Crippen LogP contribution in [0.1, 0.15) is 13.8 Å². The molecule has 0 aliphatic carbocycles. The van der Waals surface area contributed by atoms with Crippen LogP contribution in [0.3, 0.4) is 0 Å². The van der Waals surface area contributed by atoms with Crippen LogP contribution in [0.2, 0.25) is 0 Å². The maximum Gasteiger partial charge on any atom is 0.364 e. The Labute approximate surface area is 164 Å². The van der Waals surface area contributed by atoms with Gasteiger partial charge in [-0.05, 0) is 62.4 Å². The van der Waals surface area contributed by atoms with Gasteiger partial charge in [-0.3, -0.25) is 0 Å². The molecule has 3 aromatic rings. The number of ether oxygens (including phenoxy) is 2. The monoisotopic (exact) mass is 377 g/mol. The molecule has 0 bridgehead atoms. The zero-order valence-corrected chi connectivity index (χ0v) is 16.5. The van der Waals surface area contributed by atoms with Crippen LogP contribution in [0, 0.1) is 0 Å². The van der Waals surface area contributed by atoms with Crippen molar-refractivity contribution in [1.29, 1.82) is 0 Å². The van der Waals surface area contributed by atoms with Gasteiger partial charge in [-0.25, -0.2) is 9.48 Å². The van der Waals surface area contributed by atoms with Crippen molar-refractivity contribution in [2.24, 2.45) is 0 Å². The van der Waals surface area contributed by atoms with Crippen molar-refractivity contribution >= 4 is 0 Å². The third-order valence-electron chi connectivity index (χ3n) is 4.27. The number of hydrogen-bond acceptors (Lipinski definition) is 5. The minimum absolute atomic E-state index is 0.375. The van der Waals surface area contributed by atoms with Crippen LogP contribution in [-0.4, -0.2) is 29.0 Å². The lowest BCUT2D eigenvalue weighted by Crippen LogP contribution is -2.26. The molecule has 0 fully saturated rings. The molecule has 0 saturated heterocycles. The van der Waals surface area contributed by atoms with Crippen molar-refractivity contribution in [1.82, 2.24) is 14.8 Å². The summed E-state index contributed by atoms with van der Waals surface area (Å²) in [6.07, 6.45) is 1.95. The molecular weight excluding hydrogens is 354 g/mol. The van der Waals surface area contributed by atoms with Gasteiger partial charge in [0.2, 0.25) is 0 Å². The highest BCUT2D eigenvalue weighted by Crippen LogP contribution is 2.29. The van der Waals surface area contributed by atoms with E-state index in [1.807, 2.05) is 68.5 Å². The quantitative estimate of drug-likeness (QED) is 0.609.